The summed E-state index contributed by atoms with van der Waals surface area (Å²) in [6.45, 7) is 2.19. The van der Waals surface area contributed by atoms with Crippen molar-refractivity contribution in [2.45, 2.75) is 20.1 Å². The summed E-state index contributed by atoms with van der Waals surface area (Å²) in [5.41, 5.74) is 2.87. The van der Waals surface area contributed by atoms with Crippen LogP contribution in [0.25, 0.3) is 0 Å². The van der Waals surface area contributed by atoms with Crippen LogP contribution in [0.3, 0.4) is 0 Å². The van der Waals surface area contributed by atoms with Crippen LogP contribution in [0.5, 0.6) is 0 Å². The molecule has 0 saturated heterocycles. The first-order valence-corrected chi connectivity index (χ1v) is 6.13. The number of aliphatic hydroxyl groups excluding tert-OH is 1. The van der Waals surface area contributed by atoms with Crippen molar-refractivity contribution in [2.24, 2.45) is 0 Å². The number of aromatic nitrogens is 1. The van der Waals surface area contributed by atoms with Crippen LogP contribution in [0.1, 0.15) is 17.0 Å². The average molecular weight is 260 g/mol. The molecule has 100 valence electrons. The van der Waals surface area contributed by atoms with Crippen molar-refractivity contribution in [3.05, 3.63) is 59.2 Å². The molecule has 3 nitrogen and oxygen atoms in total. The van der Waals surface area contributed by atoms with Crippen molar-refractivity contribution in [1.82, 2.24) is 4.98 Å². The lowest BCUT2D eigenvalue weighted by Crippen LogP contribution is -2.19. The molecule has 1 N–H and O–H groups in total. The van der Waals surface area contributed by atoms with Gasteiger partial charge in [-0.1, -0.05) is 12.1 Å². The van der Waals surface area contributed by atoms with Crippen LogP contribution in [0, 0.1) is 12.7 Å². The van der Waals surface area contributed by atoms with Gasteiger partial charge in [-0.25, -0.2) is 4.39 Å². The minimum absolute atomic E-state index is 0.312. The molecule has 0 radical (unpaired) electrons. The summed E-state index contributed by atoms with van der Waals surface area (Å²) in [5.74, 6) is -0.385. The number of rotatable bonds is 4. The largest absolute Gasteiger partial charge is 0.391 e. The lowest BCUT2D eigenvalue weighted by Gasteiger charge is -2.22. The molecular formula is C15H17FN2O. The van der Waals surface area contributed by atoms with Crippen LogP contribution in [-0.4, -0.2) is 17.1 Å². The number of hydrogen-bond donors (Lipinski definition) is 1. The summed E-state index contributed by atoms with van der Waals surface area (Å²) < 4.78 is 13.6. The van der Waals surface area contributed by atoms with Crippen LogP contribution < -0.4 is 4.90 Å². The third-order valence-corrected chi connectivity index (χ3v) is 3.01. The number of nitrogens with zero attached hydrogens (tertiary/aromatic N) is 2. The van der Waals surface area contributed by atoms with Gasteiger partial charge in [0.15, 0.2) is 0 Å². The van der Waals surface area contributed by atoms with E-state index in [4.69, 9.17) is 0 Å². The van der Waals surface area contributed by atoms with Gasteiger partial charge in [0.05, 0.1) is 18.8 Å². The summed E-state index contributed by atoms with van der Waals surface area (Å²) in [5, 5.41) is 9.28. The fraction of sp³-hybridized carbons (Fsp3) is 0.267. The zero-order valence-corrected chi connectivity index (χ0v) is 11.1. The highest BCUT2D eigenvalue weighted by Gasteiger charge is 2.11. The van der Waals surface area contributed by atoms with Crippen molar-refractivity contribution in [3.8, 4) is 0 Å². The van der Waals surface area contributed by atoms with Gasteiger partial charge in [-0.05, 0) is 31.2 Å². The first-order valence-electron chi connectivity index (χ1n) is 6.13. The number of hydrogen-bond acceptors (Lipinski definition) is 3. The molecule has 0 amide bonds. The molecule has 0 bridgehead atoms. The van der Waals surface area contributed by atoms with E-state index in [1.165, 1.54) is 6.07 Å². The monoisotopic (exact) mass is 260 g/mol. The van der Waals surface area contributed by atoms with Gasteiger partial charge >= 0.3 is 0 Å². The van der Waals surface area contributed by atoms with E-state index in [1.807, 2.05) is 37.1 Å². The molecule has 0 saturated carbocycles. The summed E-state index contributed by atoms with van der Waals surface area (Å²) in [7, 11) is 1.86. The number of anilines is 1. The first-order chi connectivity index (χ1) is 9.11. The lowest BCUT2D eigenvalue weighted by atomic mass is 10.1. The SMILES string of the molecule is Cc1cccc(CN(C)c2cccc(F)c2CO)n1. The van der Waals surface area contributed by atoms with E-state index in [-0.39, 0.29) is 12.4 Å². The maximum atomic E-state index is 13.6. The van der Waals surface area contributed by atoms with E-state index in [0.29, 0.717) is 17.8 Å². The minimum Gasteiger partial charge on any atom is -0.391 e. The Morgan fingerprint density at radius 2 is 1.95 bits per heavy atom. The maximum absolute atomic E-state index is 13.6. The number of benzene rings is 1. The molecule has 1 aromatic carbocycles. The van der Waals surface area contributed by atoms with Crippen molar-refractivity contribution in [2.75, 3.05) is 11.9 Å². The molecule has 2 rings (SSSR count). The Kier molecular flexibility index (Phi) is 4.12. The van der Waals surface area contributed by atoms with Crippen molar-refractivity contribution < 1.29 is 9.50 Å². The zero-order chi connectivity index (χ0) is 13.8. The standard InChI is InChI=1S/C15H17FN2O/c1-11-5-3-6-12(17-11)9-18(2)15-8-4-7-14(16)13(15)10-19/h3-8,19H,9-10H2,1-2H3. The Bertz CT molecular complexity index is 572. The summed E-state index contributed by atoms with van der Waals surface area (Å²) in [6.07, 6.45) is 0. The van der Waals surface area contributed by atoms with Crippen molar-refractivity contribution >= 4 is 5.69 Å². The van der Waals surface area contributed by atoms with Gasteiger partial charge in [0, 0.05) is 24.0 Å². The predicted octanol–water partition coefficient (Wildman–Crippen LogP) is 2.66. The Hall–Kier alpha value is -1.94. The van der Waals surface area contributed by atoms with Gasteiger partial charge < -0.3 is 10.0 Å². The third kappa shape index (κ3) is 3.09. The van der Waals surface area contributed by atoms with E-state index < -0.39 is 0 Å². The van der Waals surface area contributed by atoms with Gasteiger partial charge in [-0.15, -0.1) is 0 Å². The van der Waals surface area contributed by atoms with Crippen molar-refractivity contribution in [1.29, 1.82) is 0 Å². The maximum Gasteiger partial charge on any atom is 0.130 e. The van der Waals surface area contributed by atoms with E-state index in [0.717, 1.165) is 11.4 Å². The second-order valence-corrected chi connectivity index (χ2v) is 4.52. The van der Waals surface area contributed by atoms with Gasteiger partial charge in [0.1, 0.15) is 5.82 Å². The molecule has 19 heavy (non-hydrogen) atoms. The Morgan fingerprint density at radius 3 is 2.63 bits per heavy atom. The summed E-state index contributed by atoms with van der Waals surface area (Å²) >= 11 is 0. The molecule has 4 heteroatoms. The molecule has 0 unspecified atom stereocenters. The van der Waals surface area contributed by atoms with E-state index in [1.54, 1.807) is 12.1 Å². The molecule has 0 spiro atoms. The lowest BCUT2D eigenvalue weighted by molar-refractivity contribution is 0.276. The average Bonchev–Trinajstić information content (AvgIpc) is 2.38. The van der Waals surface area contributed by atoms with Crippen molar-refractivity contribution in [3.63, 3.8) is 0 Å². The van der Waals surface area contributed by atoms with Crippen LogP contribution in [0.2, 0.25) is 0 Å². The molecule has 2 aromatic rings. The Labute approximate surface area is 112 Å². The molecule has 0 aliphatic heterocycles. The Morgan fingerprint density at radius 1 is 1.21 bits per heavy atom. The Balaban J connectivity index is 2.25. The number of aliphatic hydroxyl groups is 1. The number of aryl methyl sites for hydroxylation is 1. The molecule has 0 atom stereocenters. The second-order valence-electron chi connectivity index (χ2n) is 4.52. The van der Waals surface area contributed by atoms with Gasteiger partial charge in [0.25, 0.3) is 0 Å². The fourth-order valence-electron chi connectivity index (χ4n) is 2.08. The third-order valence-electron chi connectivity index (χ3n) is 3.01. The fourth-order valence-corrected chi connectivity index (χ4v) is 2.08. The topological polar surface area (TPSA) is 36.4 Å². The summed E-state index contributed by atoms with van der Waals surface area (Å²) in [6, 6.07) is 10.6. The van der Waals surface area contributed by atoms with Crippen LogP contribution >= 0.6 is 0 Å². The zero-order valence-electron chi connectivity index (χ0n) is 11.1. The number of pyridine rings is 1. The molecule has 1 heterocycles. The predicted molar refractivity (Wildman–Crippen MR) is 73.4 cm³/mol. The second kappa shape index (κ2) is 5.80. The number of halogens is 1. The normalized spacial score (nSPS) is 10.5. The molecule has 0 aliphatic carbocycles. The van der Waals surface area contributed by atoms with Gasteiger partial charge in [0.2, 0.25) is 0 Å². The summed E-state index contributed by atoms with van der Waals surface area (Å²) in [4.78, 5) is 6.30. The van der Waals surface area contributed by atoms with Crippen LogP contribution in [-0.2, 0) is 13.2 Å². The highest BCUT2D eigenvalue weighted by molar-refractivity contribution is 5.53. The van der Waals surface area contributed by atoms with E-state index in [2.05, 4.69) is 4.98 Å². The van der Waals surface area contributed by atoms with Crippen LogP contribution in [0.15, 0.2) is 36.4 Å². The van der Waals surface area contributed by atoms with Gasteiger partial charge in [-0.2, -0.15) is 0 Å². The first kappa shape index (κ1) is 13.5. The quantitative estimate of drug-likeness (QED) is 0.918. The van der Waals surface area contributed by atoms with E-state index >= 15 is 0 Å². The molecule has 0 fully saturated rings. The minimum atomic E-state index is -0.385. The molecular weight excluding hydrogens is 243 g/mol. The molecule has 1 aromatic heterocycles. The highest BCUT2D eigenvalue weighted by atomic mass is 19.1. The molecule has 0 aliphatic rings. The van der Waals surface area contributed by atoms with Crippen LogP contribution in [0.4, 0.5) is 10.1 Å². The smallest absolute Gasteiger partial charge is 0.130 e. The highest BCUT2D eigenvalue weighted by Crippen LogP contribution is 2.23. The van der Waals surface area contributed by atoms with E-state index in [9.17, 15) is 9.50 Å². The van der Waals surface area contributed by atoms with Gasteiger partial charge in [-0.3, -0.25) is 4.98 Å².